The van der Waals surface area contributed by atoms with Gasteiger partial charge in [0.25, 0.3) is 11.5 Å². The van der Waals surface area contributed by atoms with Gasteiger partial charge in [-0.1, -0.05) is 15.9 Å². The van der Waals surface area contributed by atoms with Crippen LogP contribution in [0.1, 0.15) is 33.6 Å². The number of halogens is 1. The van der Waals surface area contributed by atoms with E-state index in [1.54, 1.807) is 17.4 Å². The lowest BCUT2D eigenvalue weighted by molar-refractivity contribution is 0.100. The highest BCUT2D eigenvalue weighted by Gasteiger charge is 2.21. The Balaban J connectivity index is 1.75. The van der Waals surface area contributed by atoms with Gasteiger partial charge in [-0.15, -0.1) is 11.3 Å². The highest BCUT2D eigenvalue weighted by Crippen LogP contribution is 2.33. The first-order valence-electron chi connectivity index (χ1n) is 7.86. The molecule has 1 aliphatic rings. The van der Waals surface area contributed by atoms with Crippen LogP contribution in [0.15, 0.2) is 33.8 Å². The van der Waals surface area contributed by atoms with Gasteiger partial charge in [-0.3, -0.25) is 15.0 Å². The summed E-state index contributed by atoms with van der Waals surface area (Å²) in [6.45, 7) is 0. The summed E-state index contributed by atoms with van der Waals surface area (Å²) in [5.74, 6) is -0.734. The molecule has 0 fully saturated rings. The SMILES string of the molecule is O=C(Nn1cnc2sc3c(c2c1=O)CCCC3)c1cc(Br)ccc1O. The molecule has 6 nitrogen and oxygen atoms in total. The number of phenols is 1. The van der Waals surface area contributed by atoms with Gasteiger partial charge in [-0.2, -0.15) is 0 Å². The van der Waals surface area contributed by atoms with Gasteiger partial charge >= 0.3 is 0 Å². The summed E-state index contributed by atoms with van der Waals surface area (Å²) in [7, 11) is 0. The zero-order chi connectivity index (χ0) is 17.6. The van der Waals surface area contributed by atoms with E-state index >= 15 is 0 Å². The largest absolute Gasteiger partial charge is 0.507 e. The molecule has 1 aromatic carbocycles. The zero-order valence-electron chi connectivity index (χ0n) is 13.1. The molecule has 0 radical (unpaired) electrons. The predicted molar refractivity (Wildman–Crippen MR) is 100 cm³/mol. The first kappa shape index (κ1) is 16.3. The van der Waals surface area contributed by atoms with Crippen molar-refractivity contribution in [3.8, 4) is 5.75 Å². The number of rotatable bonds is 2. The van der Waals surface area contributed by atoms with E-state index in [0.717, 1.165) is 35.9 Å². The minimum Gasteiger partial charge on any atom is -0.507 e. The molecule has 0 bridgehead atoms. The molecule has 0 unspecified atom stereocenters. The Morgan fingerprint density at radius 3 is 2.96 bits per heavy atom. The van der Waals surface area contributed by atoms with Crippen LogP contribution in [0.25, 0.3) is 10.2 Å². The maximum absolute atomic E-state index is 12.8. The molecule has 1 amide bonds. The van der Waals surface area contributed by atoms with Gasteiger partial charge in [0.1, 0.15) is 16.9 Å². The van der Waals surface area contributed by atoms with Crippen LogP contribution in [0.4, 0.5) is 0 Å². The van der Waals surface area contributed by atoms with Crippen molar-refractivity contribution < 1.29 is 9.90 Å². The fraction of sp³-hybridized carbons (Fsp3) is 0.235. The number of aromatic hydroxyl groups is 1. The number of aryl methyl sites for hydroxylation is 2. The number of aromatic nitrogens is 2. The smallest absolute Gasteiger partial charge is 0.281 e. The van der Waals surface area contributed by atoms with Crippen molar-refractivity contribution in [2.45, 2.75) is 25.7 Å². The normalized spacial score (nSPS) is 13.6. The third kappa shape index (κ3) is 2.85. The highest BCUT2D eigenvalue weighted by atomic mass is 79.9. The van der Waals surface area contributed by atoms with Crippen molar-refractivity contribution in [1.29, 1.82) is 0 Å². The number of benzene rings is 1. The molecular formula is C17H14BrN3O3S. The van der Waals surface area contributed by atoms with Crippen LogP contribution in [0.2, 0.25) is 0 Å². The first-order valence-corrected chi connectivity index (χ1v) is 9.47. The summed E-state index contributed by atoms with van der Waals surface area (Å²) in [5.41, 5.74) is 3.37. The Kier molecular flexibility index (Phi) is 4.09. The lowest BCUT2D eigenvalue weighted by Crippen LogP contribution is -2.33. The number of carbonyl (C=O) groups is 1. The number of hydrogen-bond donors (Lipinski definition) is 2. The van der Waals surface area contributed by atoms with Gasteiger partial charge in [0.2, 0.25) is 0 Å². The maximum atomic E-state index is 12.8. The van der Waals surface area contributed by atoms with Crippen molar-refractivity contribution in [1.82, 2.24) is 9.66 Å². The molecular weight excluding hydrogens is 406 g/mol. The predicted octanol–water partition coefficient (Wildman–Crippen LogP) is 3.19. The molecule has 0 aliphatic heterocycles. The summed E-state index contributed by atoms with van der Waals surface area (Å²) in [6.07, 6.45) is 5.36. The Morgan fingerprint density at radius 1 is 1.32 bits per heavy atom. The van der Waals surface area contributed by atoms with Crippen LogP contribution in [0.5, 0.6) is 5.75 Å². The van der Waals surface area contributed by atoms with Crippen molar-refractivity contribution in [3.63, 3.8) is 0 Å². The van der Waals surface area contributed by atoms with Crippen LogP contribution < -0.4 is 11.0 Å². The van der Waals surface area contributed by atoms with Gasteiger partial charge in [0.05, 0.1) is 10.9 Å². The minimum absolute atomic E-state index is 0.0775. The number of fused-ring (bicyclic) bond motifs is 3. The molecule has 2 heterocycles. The lowest BCUT2D eigenvalue weighted by Gasteiger charge is -2.11. The van der Waals surface area contributed by atoms with Gasteiger partial charge in [-0.05, 0) is 49.4 Å². The zero-order valence-corrected chi connectivity index (χ0v) is 15.5. The number of hydrogen-bond acceptors (Lipinski definition) is 5. The van der Waals surface area contributed by atoms with E-state index in [9.17, 15) is 14.7 Å². The van der Waals surface area contributed by atoms with E-state index in [2.05, 4.69) is 26.3 Å². The Hall–Kier alpha value is -2.19. The Morgan fingerprint density at radius 2 is 2.12 bits per heavy atom. The summed E-state index contributed by atoms with van der Waals surface area (Å²) in [5, 5.41) is 10.5. The Bertz CT molecular complexity index is 1060. The molecule has 3 aromatic rings. The summed E-state index contributed by atoms with van der Waals surface area (Å²) in [6, 6.07) is 4.54. The molecule has 0 saturated carbocycles. The molecule has 2 aromatic heterocycles. The third-order valence-electron chi connectivity index (χ3n) is 4.30. The number of amides is 1. The average molecular weight is 420 g/mol. The molecule has 2 N–H and O–H groups in total. The second-order valence-electron chi connectivity index (χ2n) is 5.91. The second-order valence-corrected chi connectivity index (χ2v) is 7.91. The standard InChI is InChI=1S/C17H14BrN3O3S/c18-9-5-6-12(22)11(7-9)15(23)20-21-8-19-16-14(17(21)24)10-3-1-2-4-13(10)25-16/h5-8,22H,1-4H2,(H,20,23). The van der Waals surface area contributed by atoms with Crippen LogP contribution >= 0.6 is 27.3 Å². The molecule has 0 spiro atoms. The fourth-order valence-electron chi connectivity index (χ4n) is 3.09. The van der Waals surface area contributed by atoms with E-state index in [-0.39, 0.29) is 16.9 Å². The topological polar surface area (TPSA) is 84.2 Å². The van der Waals surface area contributed by atoms with Crippen molar-refractivity contribution >= 4 is 43.4 Å². The summed E-state index contributed by atoms with van der Waals surface area (Å²) >= 11 is 4.82. The number of phenolic OH excluding ortho intramolecular Hbond substituents is 1. The summed E-state index contributed by atoms with van der Waals surface area (Å²) < 4.78 is 1.75. The van der Waals surface area contributed by atoms with Gasteiger partial charge < -0.3 is 5.11 Å². The van der Waals surface area contributed by atoms with Gasteiger partial charge in [0.15, 0.2) is 0 Å². The number of thiophene rings is 1. The van der Waals surface area contributed by atoms with E-state index in [0.29, 0.717) is 14.7 Å². The molecule has 8 heteroatoms. The van der Waals surface area contributed by atoms with Crippen LogP contribution in [0, 0.1) is 0 Å². The van der Waals surface area contributed by atoms with Crippen LogP contribution in [-0.2, 0) is 12.8 Å². The van der Waals surface area contributed by atoms with E-state index < -0.39 is 5.91 Å². The average Bonchev–Trinajstić information content (AvgIpc) is 2.98. The maximum Gasteiger partial charge on any atom is 0.281 e. The van der Waals surface area contributed by atoms with Crippen molar-refractivity contribution in [2.24, 2.45) is 0 Å². The van der Waals surface area contributed by atoms with Crippen molar-refractivity contribution in [2.75, 3.05) is 5.43 Å². The number of nitrogens with zero attached hydrogens (tertiary/aromatic N) is 2. The second kappa shape index (κ2) is 6.27. The number of nitrogens with one attached hydrogen (secondary N) is 1. The number of carbonyl (C=O) groups excluding carboxylic acids is 1. The molecule has 25 heavy (non-hydrogen) atoms. The van der Waals surface area contributed by atoms with Gasteiger partial charge in [0, 0.05) is 9.35 Å². The Labute approximate surface area is 155 Å². The van der Waals surface area contributed by atoms with E-state index in [4.69, 9.17) is 0 Å². The van der Waals surface area contributed by atoms with Crippen LogP contribution in [-0.4, -0.2) is 20.7 Å². The molecule has 128 valence electrons. The van der Waals surface area contributed by atoms with E-state index in [1.807, 2.05) is 0 Å². The van der Waals surface area contributed by atoms with Crippen molar-refractivity contribution in [3.05, 3.63) is 55.4 Å². The molecule has 4 rings (SSSR count). The molecule has 0 atom stereocenters. The first-order chi connectivity index (χ1) is 12.0. The minimum atomic E-state index is -0.578. The molecule has 1 aliphatic carbocycles. The van der Waals surface area contributed by atoms with Gasteiger partial charge in [-0.25, -0.2) is 9.66 Å². The molecule has 0 saturated heterocycles. The third-order valence-corrected chi connectivity index (χ3v) is 5.99. The monoisotopic (exact) mass is 419 g/mol. The highest BCUT2D eigenvalue weighted by molar-refractivity contribution is 9.10. The van der Waals surface area contributed by atoms with Crippen LogP contribution in [0.3, 0.4) is 0 Å². The quantitative estimate of drug-likeness (QED) is 0.667. The lowest BCUT2D eigenvalue weighted by atomic mass is 9.97. The van der Waals surface area contributed by atoms with E-state index in [1.165, 1.54) is 23.3 Å². The fourth-order valence-corrected chi connectivity index (χ4v) is 4.67. The summed E-state index contributed by atoms with van der Waals surface area (Å²) in [4.78, 5) is 31.5.